The van der Waals surface area contributed by atoms with Gasteiger partial charge < -0.3 is 10.6 Å². The normalized spacial score (nSPS) is 10.3. The summed E-state index contributed by atoms with van der Waals surface area (Å²) < 4.78 is 0.881. The van der Waals surface area contributed by atoms with E-state index < -0.39 is 0 Å². The Kier molecular flexibility index (Phi) is 3.85. The lowest BCUT2D eigenvalue weighted by atomic mass is 10.2. The lowest BCUT2D eigenvalue weighted by Gasteiger charge is -2.19. The summed E-state index contributed by atoms with van der Waals surface area (Å²) in [6.45, 7) is 1.90. The van der Waals surface area contributed by atoms with E-state index in [2.05, 4.69) is 20.9 Å². The van der Waals surface area contributed by atoms with Crippen LogP contribution in [-0.4, -0.2) is 17.9 Å². The Morgan fingerprint density at radius 2 is 2.05 bits per heavy atom. The molecular weight excluding hydrogens is 306 g/mol. The lowest BCUT2D eigenvalue weighted by Crippen LogP contribution is -2.27. The third-order valence-corrected chi connectivity index (χ3v) is 3.27. The fourth-order valence-electron chi connectivity index (χ4n) is 1.81. The molecule has 0 spiro atoms. The number of aryl methyl sites for hydroxylation is 1. The van der Waals surface area contributed by atoms with Crippen molar-refractivity contribution in [1.29, 1.82) is 0 Å². The Balaban J connectivity index is 2.33. The van der Waals surface area contributed by atoms with E-state index in [0.717, 1.165) is 10.0 Å². The Morgan fingerprint density at radius 1 is 1.32 bits per heavy atom. The molecule has 1 amide bonds. The van der Waals surface area contributed by atoms with Crippen LogP contribution < -0.4 is 10.6 Å². The van der Waals surface area contributed by atoms with Crippen molar-refractivity contribution >= 4 is 33.2 Å². The van der Waals surface area contributed by atoms with Crippen LogP contribution in [0.1, 0.15) is 15.9 Å². The minimum absolute atomic E-state index is 0.134. The SMILES string of the molecule is Cc1cncc(C(=O)N(C)c2ccc(Br)cc2N)c1. The molecule has 19 heavy (non-hydrogen) atoms. The van der Waals surface area contributed by atoms with Crippen molar-refractivity contribution in [2.45, 2.75) is 6.92 Å². The largest absolute Gasteiger partial charge is 0.397 e. The molecule has 0 atom stereocenters. The van der Waals surface area contributed by atoms with Gasteiger partial charge in [-0.25, -0.2) is 0 Å². The zero-order valence-electron chi connectivity index (χ0n) is 10.7. The standard InChI is InChI=1S/C14H14BrN3O/c1-9-5-10(8-17-7-9)14(19)18(2)13-4-3-11(15)6-12(13)16/h3-8H,16H2,1-2H3. The van der Waals surface area contributed by atoms with Crippen LogP contribution in [0.4, 0.5) is 11.4 Å². The molecule has 5 heteroatoms. The third kappa shape index (κ3) is 2.93. The molecule has 98 valence electrons. The minimum atomic E-state index is -0.134. The topological polar surface area (TPSA) is 59.2 Å². The molecule has 4 nitrogen and oxygen atoms in total. The molecule has 1 aromatic heterocycles. The van der Waals surface area contributed by atoms with E-state index in [1.807, 2.05) is 13.0 Å². The average molecular weight is 320 g/mol. The smallest absolute Gasteiger partial charge is 0.259 e. The van der Waals surface area contributed by atoms with Gasteiger partial charge in [-0.3, -0.25) is 9.78 Å². The fraction of sp³-hybridized carbons (Fsp3) is 0.143. The van der Waals surface area contributed by atoms with Gasteiger partial charge in [-0.15, -0.1) is 0 Å². The maximum Gasteiger partial charge on any atom is 0.259 e. The van der Waals surface area contributed by atoms with Crippen molar-refractivity contribution in [2.24, 2.45) is 0 Å². The Morgan fingerprint density at radius 3 is 2.68 bits per heavy atom. The fourth-order valence-corrected chi connectivity index (χ4v) is 2.18. The average Bonchev–Trinajstić information content (AvgIpc) is 2.37. The predicted molar refractivity (Wildman–Crippen MR) is 80.3 cm³/mol. The molecule has 0 bridgehead atoms. The van der Waals surface area contributed by atoms with Gasteiger partial charge in [0.1, 0.15) is 0 Å². The molecular formula is C14H14BrN3O. The van der Waals surface area contributed by atoms with E-state index in [1.54, 1.807) is 37.6 Å². The van der Waals surface area contributed by atoms with Crippen molar-refractivity contribution in [1.82, 2.24) is 4.98 Å². The summed E-state index contributed by atoms with van der Waals surface area (Å²) in [5.41, 5.74) is 8.64. The molecule has 1 heterocycles. The van der Waals surface area contributed by atoms with Crippen LogP contribution in [0.25, 0.3) is 0 Å². The van der Waals surface area contributed by atoms with E-state index in [1.165, 1.54) is 4.90 Å². The van der Waals surface area contributed by atoms with Gasteiger partial charge in [0, 0.05) is 23.9 Å². The molecule has 0 unspecified atom stereocenters. The van der Waals surface area contributed by atoms with E-state index in [9.17, 15) is 4.79 Å². The number of nitrogens with two attached hydrogens (primary N) is 1. The van der Waals surface area contributed by atoms with Crippen LogP contribution in [0.2, 0.25) is 0 Å². The minimum Gasteiger partial charge on any atom is -0.397 e. The van der Waals surface area contributed by atoms with Crippen LogP contribution >= 0.6 is 15.9 Å². The van der Waals surface area contributed by atoms with Crippen molar-refractivity contribution in [2.75, 3.05) is 17.7 Å². The second kappa shape index (κ2) is 5.40. The van der Waals surface area contributed by atoms with Gasteiger partial charge in [0.15, 0.2) is 0 Å². The highest BCUT2D eigenvalue weighted by atomic mass is 79.9. The Hall–Kier alpha value is -1.88. The van der Waals surface area contributed by atoms with Crippen molar-refractivity contribution in [3.63, 3.8) is 0 Å². The highest BCUT2D eigenvalue weighted by Crippen LogP contribution is 2.26. The second-order valence-corrected chi connectivity index (χ2v) is 5.23. The predicted octanol–water partition coefficient (Wildman–Crippen LogP) is 3.01. The number of nitrogens with zero attached hydrogens (tertiary/aromatic N) is 2. The number of benzene rings is 1. The van der Waals surface area contributed by atoms with Crippen LogP contribution in [0, 0.1) is 6.92 Å². The van der Waals surface area contributed by atoms with E-state index in [-0.39, 0.29) is 5.91 Å². The molecule has 0 saturated heterocycles. The molecule has 0 saturated carbocycles. The van der Waals surface area contributed by atoms with Crippen molar-refractivity contribution in [3.05, 3.63) is 52.3 Å². The highest BCUT2D eigenvalue weighted by molar-refractivity contribution is 9.10. The van der Waals surface area contributed by atoms with Crippen LogP contribution in [0.15, 0.2) is 41.1 Å². The molecule has 2 aromatic rings. The van der Waals surface area contributed by atoms with Gasteiger partial charge in [0.2, 0.25) is 0 Å². The van der Waals surface area contributed by atoms with Crippen LogP contribution in [-0.2, 0) is 0 Å². The molecule has 1 aromatic carbocycles. The molecule has 2 rings (SSSR count). The summed E-state index contributed by atoms with van der Waals surface area (Å²) in [7, 11) is 1.70. The molecule has 0 radical (unpaired) electrons. The molecule has 0 aliphatic heterocycles. The summed E-state index contributed by atoms with van der Waals surface area (Å²) >= 11 is 3.34. The first-order valence-electron chi connectivity index (χ1n) is 5.74. The van der Waals surface area contributed by atoms with E-state index >= 15 is 0 Å². The van der Waals surface area contributed by atoms with Gasteiger partial charge in [-0.1, -0.05) is 15.9 Å². The number of aromatic nitrogens is 1. The maximum atomic E-state index is 12.4. The van der Waals surface area contributed by atoms with Crippen molar-refractivity contribution < 1.29 is 4.79 Å². The number of pyridine rings is 1. The van der Waals surface area contributed by atoms with Gasteiger partial charge in [0.05, 0.1) is 16.9 Å². The van der Waals surface area contributed by atoms with Crippen LogP contribution in [0.5, 0.6) is 0 Å². The number of halogens is 1. The first-order chi connectivity index (χ1) is 8.99. The first kappa shape index (κ1) is 13.5. The number of hydrogen-bond acceptors (Lipinski definition) is 3. The summed E-state index contributed by atoms with van der Waals surface area (Å²) in [5, 5.41) is 0. The first-order valence-corrected chi connectivity index (χ1v) is 6.53. The number of anilines is 2. The van der Waals surface area contributed by atoms with Crippen molar-refractivity contribution in [3.8, 4) is 0 Å². The van der Waals surface area contributed by atoms with E-state index in [0.29, 0.717) is 16.9 Å². The Labute approximate surface area is 120 Å². The van der Waals surface area contributed by atoms with Gasteiger partial charge in [-0.2, -0.15) is 0 Å². The molecule has 2 N–H and O–H groups in total. The second-order valence-electron chi connectivity index (χ2n) is 4.32. The van der Waals surface area contributed by atoms with E-state index in [4.69, 9.17) is 5.73 Å². The molecule has 0 aliphatic carbocycles. The summed E-state index contributed by atoms with van der Waals surface area (Å²) in [6, 6.07) is 7.24. The Bertz CT molecular complexity index is 628. The highest BCUT2D eigenvalue weighted by Gasteiger charge is 2.16. The lowest BCUT2D eigenvalue weighted by molar-refractivity contribution is 0.0992. The monoisotopic (exact) mass is 319 g/mol. The number of rotatable bonds is 2. The van der Waals surface area contributed by atoms with Gasteiger partial charge >= 0.3 is 0 Å². The maximum absolute atomic E-state index is 12.4. The summed E-state index contributed by atoms with van der Waals surface area (Å²) in [5.74, 6) is -0.134. The number of hydrogen-bond donors (Lipinski definition) is 1. The molecule has 0 fully saturated rings. The number of nitrogen functional groups attached to an aromatic ring is 1. The quantitative estimate of drug-likeness (QED) is 0.865. The molecule has 0 aliphatic rings. The van der Waals surface area contributed by atoms with Crippen LogP contribution in [0.3, 0.4) is 0 Å². The number of carbonyl (C=O) groups is 1. The number of carbonyl (C=O) groups excluding carboxylic acids is 1. The zero-order valence-corrected chi connectivity index (χ0v) is 12.3. The number of amides is 1. The van der Waals surface area contributed by atoms with Gasteiger partial charge in [-0.05, 0) is 36.8 Å². The third-order valence-electron chi connectivity index (χ3n) is 2.78. The van der Waals surface area contributed by atoms with Gasteiger partial charge in [0.25, 0.3) is 5.91 Å². The summed E-state index contributed by atoms with van der Waals surface area (Å²) in [6.07, 6.45) is 3.27. The summed E-state index contributed by atoms with van der Waals surface area (Å²) in [4.78, 5) is 17.9. The zero-order chi connectivity index (χ0) is 14.0.